The highest BCUT2D eigenvalue weighted by Crippen LogP contribution is 2.25. The molecule has 0 radical (unpaired) electrons. The Bertz CT molecular complexity index is 684. The van der Waals surface area contributed by atoms with E-state index >= 15 is 0 Å². The van der Waals surface area contributed by atoms with E-state index in [-0.39, 0.29) is 23.6 Å². The quantitative estimate of drug-likeness (QED) is 0.656. The van der Waals surface area contributed by atoms with Crippen LogP contribution >= 0.6 is 15.9 Å². The van der Waals surface area contributed by atoms with Gasteiger partial charge in [0.2, 0.25) is 0 Å². The molecule has 0 fully saturated rings. The minimum absolute atomic E-state index is 0.00701. The molecule has 0 heterocycles. The third-order valence-electron chi connectivity index (χ3n) is 2.72. The summed E-state index contributed by atoms with van der Waals surface area (Å²) in [7, 11) is 0. The van der Waals surface area contributed by atoms with Crippen LogP contribution in [-0.2, 0) is 6.61 Å². The molecule has 0 spiro atoms. The standard InChI is InChI=1S/C14H10BrNO5/c15-10-3-6-12(14(17)18)13(7-10)21-8-9-1-4-11(5-2-9)16(19)20/h1-7H,8H2,(H,17,18). The number of carboxylic acids is 1. The lowest BCUT2D eigenvalue weighted by molar-refractivity contribution is -0.384. The average Bonchev–Trinajstić information content (AvgIpc) is 2.45. The predicted octanol–water partition coefficient (Wildman–Crippen LogP) is 3.63. The first-order chi connectivity index (χ1) is 9.97. The second-order valence-electron chi connectivity index (χ2n) is 4.16. The molecule has 0 bridgehead atoms. The van der Waals surface area contributed by atoms with Crippen LogP contribution in [0.15, 0.2) is 46.9 Å². The van der Waals surface area contributed by atoms with Gasteiger partial charge in [0.05, 0.1) is 4.92 Å². The van der Waals surface area contributed by atoms with Crippen molar-refractivity contribution >= 4 is 27.6 Å². The molecular weight excluding hydrogens is 342 g/mol. The molecule has 2 rings (SSSR count). The van der Waals surface area contributed by atoms with E-state index in [9.17, 15) is 14.9 Å². The van der Waals surface area contributed by atoms with Crippen molar-refractivity contribution in [2.45, 2.75) is 6.61 Å². The van der Waals surface area contributed by atoms with E-state index in [4.69, 9.17) is 9.84 Å². The van der Waals surface area contributed by atoms with Crippen LogP contribution in [0.4, 0.5) is 5.69 Å². The Balaban J connectivity index is 2.14. The number of nitrogens with zero attached hydrogens (tertiary/aromatic N) is 1. The van der Waals surface area contributed by atoms with Gasteiger partial charge in [0, 0.05) is 16.6 Å². The summed E-state index contributed by atoms with van der Waals surface area (Å²) in [4.78, 5) is 21.2. The lowest BCUT2D eigenvalue weighted by Crippen LogP contribution is -2.03. The molecule has 0 amide bonds. The van der Waals surface area contributed by atoms with E-state index in [0.717, 1.165) is 0 Å². The van der Waals surface area contributed by atoms with Gasteiger partial charge in [0.25, 0.3) is 5.69 Å². The van der Waals surface area contributed by atoms with Crippen molar-refractivity contribution in [3.63, 3.8) is 0 Å². The summed E-state index contributed by atoms with van der Waals surface area (Å²) in [5.41, 5.74) is 0.754. The molecule has 6 nitrogen and oxygen atoms in total. The van der Waals surface area contributed by atoms with Crippen molar-refractivity contribution in [3.8, 4) is 5.75 Å². The molecule has 0 aliphatic heterocycles. The molecule has 2 aromatic carbocycles. The van der Waals surface area contributed by atoms with E-state index in [1.165, 1.54) is 18.2 Å². The normalized spacial score (nSPS) is 10.1. The number of hydrogen-bond acceptors (Lipinski definition) is 4. The van der Waals surface area contributed by atoms with Crippen LogP contribution in [0.3, 0.4) is 0 Å². The van der Waals surface area contributed by atoms with Gasteiger partial charge in [0.15, 0.2) is 0 Å². The molecule has 0 unspecified atom stereocenters. The Morgan fingerprint density at radius 2 is 1.90 bits per heavy atom. The van der Waals surface area contributed by atoms with E-state index in [2.05, 4.69) is 15.9 Å². The van der Waals surface area contributed by atoms with Gasteiger partial charge < -0.3 is 9.84 Å². The first-order valence-electron chi connectivity index (χ1n) is 5.86. The number of nitro groups is 1. The fraction of sp³-hybridized carbons (Fsp3) is 0.0714. The Labute approximate surface area is 128 Å². The molecule has 0 aliphatic rings. The average molecular weight is 352 g/mol. The smallest absolute Gasteiger partial charge is 0.339 e. The fourth-order valence-electron chi connectivity index (χ4n) is 1.67. The highest BCUT2D eigenvalue weighted by atomic mass is 79.9. The van der Waals surface area contributed by atoms with E-state index in [1.54, 1.807) is 24.3 Å². The topological polar surface area (TPSA) is 89.7 Å². The van der Waals surface area contributed by atoms with Gasteiger partial charge >= 0.3 is 5.97 Å². The molecule has 0 aliphatic carbocycles. The molecule has 1 N–H and O–H groups in total. The molecule has 21 heavy (non-hydrogen) atoms. The molecule has 0 saturated carbocycles. The van der Waals surface area contributed by atoms with E-state index < -0.39 is 10.9 Å². The molecular formula is C14H10BrNO5. The van der Waals surface area contributed by atoms with Gasteiger partial charge in [-0.25, -0.2) is 4.79 Å². The number of carbonyl (C=O) groups is 1. The van der Waals surface area contributed by atoms with Crippen LogP contribution < -0.4 is 4.74 Å². The minimum Gasteiger partial charge on any atom is -0.488 e. The summed E-state index contributed by atoms with van der Waals surface area (Å²) in [6.45, 7) is 0.120. The first-order valence-corrected chi connectivity index (χ1v) is 6.65. The van der Waals surface area contributed by atoms with Crippen LogP contribution in [0, 0.1) is 10.1 Å². The lowest BCUT2D eigenvalue weighted by Gasteiger charge is -2.09. The van der Waals surface area contributed by atoms with Crippen LogP contribution in [0.1, 0.15) is 15.9 Å². The minimum atomic E-state index is -1.08. The van der Waals surface area contributed by atoms with Gasteiger partial charge in [0.1, 0.15) is 17.9 Å². The van der Waals surface area contributed by atoms with Crippen LogP contribution in [-0.4, -0.2) is 16.0 Å². The number of nitro benzene ring substituents is 1. The number of hydrogen-bond donors (Lipinski definition) is 1. The number of rotatable bonds is 5. The molecule has 0 aromatic heterocycles. The number of non-ortho nitro benzene ring substituents is 1. The maximum absolute atomic E-state index is 11.1. The molecule has 0 atom stereocenters. The first kappa shape index (κ1) is 15.0. The van der Waals surface area contributed by atoms with Crippen LogP contribution in [0.5, 0.6) is 5.75 Å². The maximum Gasteiger partial charge on any atom is 0.339 e. The molecule has 0 saturated heterocycles. The number of halogens is 1. The third-order valence-corrected chi connectivity index (χ3v) is 3.21. The Kier molecular flexibility index (Phi) is 4.54. The number of aromatic carboxylic acids is 1. The van der Waals surface area contributed by atoms with Crippen molar-refractivity contribution in [2.24, 2.45) is 0 Å². The highest BCUT2D eigenvalue weighted by Gasteiger charge is 2.12. The predicted molar refractivity (Wildman–Crippen MR) is 78.5 cm³/mol. The second-order valence-corrected chi connectivity index (χ2v) is 5.07. The Morgan fingerprint density at radius 1 is 1.24 bits per heavy atom. The van der Waals surface area contributed by atoms with Crippen LogP contribution in [0.25, 0.3) is 0 Å². The van der Waals surface area contributed by atoms with Gasteiger partial charge in [-0.15, -0.1) is 0 Å². The van der Waals surface area contributed by atoms with Crippen molar-refractivity contribution < 1.29 is 19.6 Å². The summed E-state index contributed by atoms with van der Waals surface area (Å²) in [6.07, 6.45) is 0. The summed E-state index contributed by atoms with van der Waals surface area (Å²) >= 11 is 3.25. The Hall–Kier alpha value is -2.41. The van der Waals surface area contributed by atoms with Gasteiger partial charge in [-0.1, -0.05) is 15.9 Å². The summed E-state index contributed by atoms with van der Waals surface area (Å²) in [5.74, 6) is -0.851. The zero-order valence-electron chi connectivity index (χ0n) is 10.7. The number of benzene rings is 2. The third kappa shape index (κ3) is 3.79. The SMILES string of the molecule is O=C(O)c1ccc(Br)cc1OCc1ccc([N+](=O)[O-])cc1. The summed E-state index contributed by atoms with van der Waals surface area (Å²) in [5, 5.41) is 19.6. The van der Waals surface area contributed by atoms with E-state index in [0.29, 0.717) is 10.0 Å². The van der Waals surface area contributed by atoms with Crippen molar-refractivity contribution in [2.75, 3.05) is 0 Å². The van der Waals surface area contributed by atoms with Crippen molar-refractivity contribution in [1.82, 2.24) is 0 Å². The molecule has 2 aromatic rings. The zero-order valence-corrected chi connectivity index (χ0v) is 12.2. The molecule has 108 valence electrons. The number of carboxylic acid groups (broad SMARTS) is 1. The van der Waals surface area contributed by atoms with E-state index in [1.807, 2.05) is 0 Å². The summed E-state index contributed by atoms with van der Waals surface area (Å²) in [6, 6.07) is 10.5. The van der Waals surface area contributed by atoms with Crippen molar-refractivity contribution in [1.29, 1.82) is 0 Å². The lowest BCUT2D eigenvalue weighted by atomic mass is 10.2. The highest BCUT2D eigenvalue weighted by molar-refractivity contribution is 9.10. The number of ether oxygens (including phenoxy) is 1. The van der Waals surface area contributed by atoms with Crippen molar-refractivity contribution in [3.05, 3.63) is 68.2 Å². The molecule has 7 heteroatoms. The van der Waals surface area contributed by atoms with Gasteiger partial charge in [-0.3, -0.25) is 10.1 Å². The van der Waals surface area contributed by atoms with Gasteiger partial charge in [-0.2, -0.15) is 0 Å². The van der Waals surface area contributed by atoms with Gasteiger partial charge in [-0.05, 0) is 35.9 Å². The largest absolute Gasteiger partial charge is 0.488 e. The maximum atomic E-state index is 11.1. The zero-order chi connectivity index (χ0) is 15.4. The second kappa shape index (κ2) is 6.36. The van der Waals surface area contributed by atoms with Crippen LogP contribution in [0.2, 0.25) is 0 Å². The fourth-order valence-corrected chi connectivity index (χ4v) is 2.01. The monoisotopic (exact) mass is 351 g/mol. The summed E-state index contributed by atoms with van der Waals surface area (Å²) < 4.78 is 6.19. The Morgan fingerprint density at radius 3 is 2.48 bits per heavy atom.